The Bertz CT molecular complexity index is 408. The fourth-order valence-corrected chi connectivity index (χ4v) is 2.59. The largest absolute Gasteiger partial charge is 0.373 e. The molecule has 2 N–H and O–H groups in total. The van der Waals surface area contributed by atoms with Gasteiger partial charge in [0, 0.05) is 26.7 Å². The van der Waals surface area contributed by atoms with E-state index >= 15 is 0 Å². The summed E-state index contributed by atoms with van der Waals surface area (Å²) in [7, 11) is 1.81. The van der Waals surface area contributed by atoms with Gasteiger partial charge in [0.25, 0.3) is 0 Å². The van der Waals surface area contributed by atoms with E-state index < -0.39 is 0 Å². The topological polar surface area (TPSA) is 55.6 Å². The first-order chi connectivity index (χ1) is 9.24. The molecule has 104 valence electrons. The summed E-state index contributed by atoms with van der Waals surface area (Å²) >= 11 is 0. The number of rotatable bonds is 4. The molecular weight excluding hydrogens is 240 g/mol. The minimum Gasteiger partial charge on any atom is -0.373 e. The number of carbonyl (C=O) groups is 1. The summed E-state index contributed by atoms with van der Waals surface area (Å²) in [6.07, 6.45) is 1.70. The Balaban J connectivity index is 2.14. The standard InChI is InChI=1S/C15H22N2O2/c1-17(10-9-16)15(18)13-8-5-11-19-14(13)12-6-3-2-4-7-12/h2-4,6-7,13-14H,5,8-11,16H2,1H3. The molecule has 0 aliphatic carbocycles. The number of hydrogen-bond donors (Lipinski definition) is 1. The second kappa shape index (κ2) is 6.68. The molecule has 0 spiro atoms. The minimum absolute atomic E-state index is 0.0901. The lowest BCUT2D eigenvalue weighted by Crippen LogP contribution is -2.40. The van der Waals surface area contributed by atoms with Crippen LogP contribution in [0, 0.1) is 5.92 Å². The van der Waals surface area contributed by atoms with E-state index in [4.69, 9.17) is 10.5 Å². The summed E-state index contributed by atoms with van der Waals surface area (Å²) < 4.78 is 5.85. The Morgan fingerprint density at radius 2 is 2.16 bits per heavy atom. The molecule has 0 bridgehead atoms. The van der Waals surface area contributed by atoms with Crippen molar-refractivity contribution in [2.45, 2.75) is 18.9 Å². The number of likely N-dealkylation sites (N-methyl/N-ethyl adjacent to an activating group) is 1. The van der Waals surface area contributed by atoms with Crippen molar-refractivity contribution in [3.8, 4) is 0 Å². The molecule has 4 nitrogen and oxygen atoms in total. The van der Waals surface area contributed by atoms with Crippen LogP contribution in [0.4, 0.5) is 0 Å². The Labute approximate surface area is 114 Å². The van der Waals surface area contributed by atoms with Crippen LogP contribution in [0.1, 0.15) is 24.5 Å². The van der Waals surface area contributed by atoms with E-state index in [0.29, 0.717) is 13.1 Å². The lowest BCUT2D eigenvalue weighted by atomic mass is 9.88. The van der Waals surface area contributed by atoms with E-state index in [-0.39, 0.29) is 17.9 Å². The van der Waals surface area contributed by atoms with Gasteiger partial charge in [-0.3, -0.25) is 4.79 Å². The number of ether oxygens (including phenoxy) is 1. The molecule has 1 aromatic carbocycles. The van der Waals surface area contributed by atoms with Gasteiger partial charge in [-0.15, -0.1) is 0 Å². The van der Waals surface area contributed by atoms with Gasteiger partial charge in [0.1, 0.15) is 0 Å². The van der Waals surface area contributed by atoms with E-state index in [1.165, 1.54) is 0 Å². The third-order valence-corrected chi connectivity index (χ3v) is 3.61. The number of benzene rings is 1. The van der Waals surface area contributed by atoms with Gasteiger partial charge in [-0.05, 0) is 18.4 Å². The third-order valence-electron chi connectivity index (χ3n) is 3.61. The maximum atomic E-state index is 12.5. The van der Waals surface area contributed by atoms with Gasteiger partial charge in [0.05, 0.1) is 12.0 Å². The molecule has 4 heteroatoms. The molecule has 1 aliphatic rings. The Kier molecular flexibility index (Phi) is 4.93. The smallest absolute Gasteiger partial charge is 0.228 e. The molecule has 1 heterocycles. The summed E-state index contributed by atoms with van der Waals surface area (Å²) in [5.41, 5.74) is 6.60. The van der Waals surface area contributed by atoms with E-state index in [0.717, 1.165) is 25.0 Å². The Hall–Kier alpha value is -1.39. The molecule has 2 rings (SSSR count). The van der Waals surface area contributed by atoms with Crippen LogP contribution in [-0.2, 0) is 9.53 Å². The predicted octanol–water partition coefficient (Wildman–Crippen LogP) is 1.57. The second-order valence-electron chi connectivity index (χ2n) is 5.00. The fourth-order valence-electron chi connectivity index (χ4n) is 2.59. The SMILES string of the molecule is CN(CCN)C(=O)C1CCCOC1c1ccccc1. The summed E-state index contributed by atoms with van der Waals surface area (Å²) in [4.78, 5) is 14.2. The lowest BCUT2D eigenvalue weighted by Gasteiger charge is -2.33. The minimum atomic E-state index is -0.123. The quantitative estimate of drug-likeness (QED) is 0.896. The molecule has 2 unspecified atom stereocenters. The van der Waals surface area contributed by atoms with E-state index in [2.05, 4.69) is 0 Å². The number of amides is 1. The van der Waals surface area contributed by atoms with Gasteiger partial charge < -0.3 is 15.4 Å². The van der Waals surface area contributed by atoms with Crippen LogP contribution in [0.2, 0.25) is 0 Å². The van der Waals surface area contributed by atoms with Gasteiger partial charge in [-0.1, -0.05) is 30.3 Å². The van der Waals surface area contributed by atoms with Crippen molar-refractivity contribution in [2.24, 2.45) is 11.7 Å². The van der Waals surface area contributed by atoms with Crippen LogP contribution in [0.5, 0.6) is 0 Å². The molecule has 2 atom stereocenters. The summed E-state index contributed by atoms with van der Waals surface area (Å²) in [5.74, 6) is 0.0479. The Morgan fingerprint density at radius 1 is 1.42 bits per heavy atom. The van der Waals surface area contributed by atoms with Crippen molar-refractivity contribution in [3.05, 3.63) is 35.9 Å². The highest BCUT2D eigenvalue weighted by Gasteiger charge is 2.34. The molecule has 1 fully saturated rings. The summed E-state index contributed by atoms with van der Waals surface area (Å²) in [5, 5.41) is 0. The molecular formula is C15H22N2O2. The first-order valence-corrected chi connectivity index (χ1v) is 6.85. The molecule has 1 aromatic rings. The highest BCUT2D eigenvalue weighted by molar-refractivity contribution is 5.79. The molecule has 1 aliphatic heterocycles. The molecule has 0 saturated carbocycles. The van der Waals surface area contributed by atoms with Crippen LogP contribution in [0.25, 0.3) is 0 Å². The molecule has 0 aromatic heterocycles. The fraction of sp³-hybridized carbons (Fsp3) is 0.533. The van der Waals surface area contributed by atoms with Crippen molar-refractivity contribution in [3.63, 3.8) is 0 Å². The lowest BCUT2D eigenvalue weighted by molar-refractivity contribution is -0.144. The first kappa shape index (κ1) is 14.0. The van der Waals surface area contributed by atoms with Gasteiger partial charge in [0.15, 0.2) is 0 Å². The number of hydrogen-bond acceptors (Lipinski definition) is 3. The number of nitrogens with two attached hydrogens (primary N) is 1. The predicted molar refractivity (Wildman–Crippen MR) is 74.6 cm³/mol. The van der Waals surface area contributed by atoms with E-state index in [1.807, 2.05) is 37.4 Å². The maximum absolute atomic E-state index is 12.5. The van der Waals surface area contributed by atoms with Crippen LogP contribution >= 0.6 is 0 Å². The van der Waals surface area contributed by atoms with Crippen molar-refractivity contribution >= 4 is 5.91 Å². The molecule has 19 heavy (non-hydrogen) atoms. The van der Waals surface area contributed by atoms with E-state index in [1.54, 1.807) is 4.90 Å². The van der Waals surface area contributed by atoms with Gasteiger partial charge in [-0.2, -0.15) is 0 Å². The van der Waals surface area contributed by atoms with Gasteiger partial charge in [0.2, 0.25) is 5.91 Å². The van der Waals surface area contributed by atoms with E-state index in [9.17, 15) is 4.79 Å². The number of carbonyl (C=O) groups excluding carboxylic acids is 1. The van der Waals surface area contributed by atoms with Gasteiger partial charge in [-0.25, -0.2) is 0 Å². The van der Waals surface area contributed by atoms with Crippen molar-refractivity contribution in [1.29, 1.82) is 0 Å². The van der Waals surface area contributed by atoms with Crippen molar-refractivity contribution < 1.29 is 9.53 Å². The first-order valence-electron chi connectivity index (χ1n) is 6.85. The zero-order valence-electron chi connectivity index (χ0n) is 11.4. The average Bonchev–Trinajstić information content (AvgIpc) is 2.47. The highest BCUT2D eigenvalue weighted by Crippen LogP contribution is 2.34. The van der Waals surface area contributed by atoms with Gasteiger partial charge >= 0.3 is 0 Å². The third kappa shape index (κ3) is 3.33. The monoisotopic (exact) mass is 262 g/mol. The second-order valence-corrected chi connectivity index (χ2v) is 5.00. The van der Waals surface area contributed by atoms with Crippen LogP contribution in [0.15, 0.2) is 30.3 Å². The van der Waals surface area contributed by atoms with Crippen LogP contribution in [0.3, 0.4) is 0 Å². The zero-order chi connectivity index (χ0) is 13.7. The summed E-state index contributed by atoms with van der Waals surface area (Å²) in [6.45, 7) is 1.81. The summed E-state index contributed by atoms with van der Waals surface area (Å²) in [6, 6.07) is 10.00. The zero-order valence-corrected chi connectivity index (χ0v) is 11.4. The van der Waals surface area contributed by atoms with Crippen molar-refractivity contribution in [1.82, 2.24) is 4.90 Å². The van der Waals surface area contributed by atoms with Crippen LogP contribution < -0.4 is 5.73 Å². The Morgan fingerprint density at radius 3 is 2.84 bits per heavy atom. The average molecular weight is 262 g/mol. The maximum Gasteiger partial charge on any atom is 0.228 e. The number of nitrogens with zero attached hydrogens (tertiary/aromatic N) is 1. The molecule has 1 saturated heterocycles. The molecule has 1 amide bonds. The highest BCUT2D eigenvalue weighted by atomic mass is 16.5. The molecule has 0 radical (unpaired) electrons. The normalized spacial score (nSPS) is 23.1. The van der Waals surface area contributed by atoms with Crippen molar-refractivity contribution in [2.75, 3.05) is 26.7 Å². The van der Waals surface area contributed by atoms with Crippen LogP contribution in [-0.4, -0.2) is 37.6 Å².